The molecule has 1 aromatic heterocycles. The molecule has 0 N–H and O–H groups in total. The third-order valence-corrected chi connectivity index (χ3v) is 6.02. The van der Waals surface area contributed by atoms with Gasteiger partial charge in [0.15, 0.2) is 0 Å². The van der Waals surface area contributed by atoms with E-state index in [1.54, 1.807) is 0 Å². The fourth-order valence-corrected chi connectivity index (χ4v) is 4.21. The number of hydrogen-bond donors (Lipinski definition) is 0. The SMILES string of the molecule is CCCCCCCCCCOCC(Cn1ccnc1)OCCC1CCCCC1. The molecule has 1 heterocycles. The van der Waals surface area contributed by atoms with Gasteiger partial charge in [0.25, 0.3) is 0 Å². The predicted octanol–water partition coefficient (Wildman–Crippen LogP) is 6.40. The highest BCUT2D eigenvalue weighted by Crippen LogP contribution is 2.26. The molecule has 2 rings (SSSR count). The lowest BCUT2D eigenvalue weighted by atomic mass is 9.87. The van der Waals surface area contributed by atoms with Crippen LogP contribution in [0.5, 0.6) is 0 Å². The third-order valence-electron chi connectivity index (χ3n) is 6.02. The number of ether oxygens (including phenoxy) is 2. The molecule has 4 heteroatoms. The molecule has 0 spiro atoms. The van der Waals surface area contributed by atoms with Crippen LogP contribution in [0.2, 0.25) is 0 Å². The number of hydrogen-bond acceptors (Lipinski definition) is 3. The molecular formula is C24H44N2O2. The number of unbranched alkanes of at least 4 members (excludes halogenated alkanes) is 7. The van der Waals surface area contributed by atoms with Crippen LogP contribution in [0.1, 0.15) is 96.8 Å². The van der Waals surface area contributed by atoms with Crippen LogP contribution in [-0.4, -0.2) is 35.5 Å². The van der Waals surface area contributed by atoms with Crippen molar-refractivity contribution in [1.29, 1.82) is 0 Å². The van der Waals surface area contributed by atoms with E-state index in [4.69, 9.17) is 9.47 Å². The summed E-state index contributed by atoms with van der Waals surface area (Å²) in [5, 5.41) is 0. The van der Waals surface area contributed by atoms with Crippen LogP contribution in [0.25, 0.3) is 0 Å². The molecule has 1 aliphatic rings. The van der Waals surface area contributed by atoms with Crippen molar-refractivity contribution in [2.45, 2.75) is 109 Å². The highest BCUT2D eigenvalue weighted by atomic mass is 16.5. The maximum atomic E-state index is 6.23. The van der Waals surface area contributed by atoms with Crippen molar-refractivity contribution in [3.63, 3.8) is 0 Å². The van der Waals surface area contributed by atoms with Gasteiger partial charge in [0.1, 0.15) is 0 Å². The summed E-state index contributed by atoms with van der Waals surface area (Å²) in [6.45, 7) is 5.53. The van der Waals surface area contributed by atoms with E-state index in [1.165, 1.54) is 89.9 Å². The van der Waals surface area contributed by atoms with Crippen molar-refractivity contribution in [3.8, 4) is 0 Å². The lowest BCUT2D eigenvalue weighted by molar-refractivity contribution is -0.0302. The largest absolute Gasteiger partial charge is 0.379 e. The minimum absolute atomic E-state index is 0.131. The minimum Gasteiger partial charge on any atom is -0.379 e. The zero-order valence-electron chi connectivity index (χ0n) is 18.3. The van der Waals surface area contributed by atoms with Crippen LogP contribution >= 0.6 is 0 Å². The molecule has 1 aliphatic carbocycles. The van der Waals surface area contributed by atoms with Crippen molar-refractivity contribution in [3.05, 3.63) is 18.7 Å². The fourth-order valence-electron chi connectivity index (χ4n) is 4.21. The minimum atomic E-state index is 0.131. The summed E-state index contributed by atoms with van der Waals surface area (Å²) >= 11 is 0. The molecule has 4 nitrogen and oxygen atoms in total. The van der Waals surface area contributed by atoms with E-state index in [0.29, 0.717) is 6.61 Å². The Morgan fingerprint density at radius 2 is 1.71 bits per heavy atom. The normalized spacial score (nSPS) is 16.5. The number of nitrogens with zero attached hydrogens (tertiary/aromatic N) is 2. The topological polar surface area (TPSA) is 36.3 Å². The number of rotatable bonds is 17. The van der Waals surface area contributed by atoms with Crippen LogP contribution in [-0.2, 0) is 16.0 Å². The Labute approximate surface area is 173 Å². The molecule has 1 saturated carbocycles. The van der Waals surface area contributed by atoms with E-state index in [9.17, 15) is 0 Å². The van der Waals surface area contributed by atoms with E-state index in [2.05, 4.69) is 16.5 Å². The first-order chi connectivity index (χ1) is 13.9. The van der Waals surface area contributed by atoms with Crippen molar-refractivity contribution >= 4 is 0 Å². The highest BCUT2D eigenvalue weighted by molar-refractivity contribution is 4.76. The standard InChI is InChI=1S/C24H44N2O2/c1-2-3-4-5-6-7-8-12-18-27-21-24(20-26-17-16-25-22-26)28-19-15-23-13-10-9-11-14-23/h16-17,22-24H,2-15,18-21H2,1H3. The van der Waals surface area contributed by atoms with Gasteiger partial charge in [-0.05, 0) is 18.8 Å². The summed E-state index contributed by atoms with van der Waals surface area (Å²) in [5.41, 5.74) is 0. The predicted molar refractivity (Wildman–Crippen MR) is 117 cm³/mol. The van der Waals surface area contributed by atoms with Gasteiger partial charge in [-0.25, -0.2) is 4.98 Å². The molecule has 1 fully saturated rings. The van der Waals surface area contributed by atoms with E-state index in [0.717, 1.165) is 25.7 Å². The van der Waals surface area contributed by atoms with Gasteiger partial charge in [-0.15, -0.1) is 0 Å². The van der Waals surface area contributed by atoms with E-state index >= 15 is 0 Å². The smallest absolute Gasteiger partial charge is 0.0987 e. The fraction of sp³-hybridized carbons (Fsp3) is 0.875. The quantitative estimate of drug-likeness (QED) is 0.288. The molecule has 1 atom stereocenters. The van der Waals surface area contributed by atoms with Crippen molar-refractivity contribution in [2.75, 3.05) is 19.8 Å². The Hall–Kier alpha value is -0.870. The molecule has 0 amide bonds. The van der Waals surface area contributed by atoms with Gasteiger partial charge < -0.3 is 14.0 Å². The van der Waals surface area contributed by atoms with Crippen LogP contribution in [0.4, 0.5) is 0 Å². The van der Waals surface area contributed by atoms with E-state index in [1.807, 2.05) is 18.7 Å². The summed E-state index contributed by atoms with van der Waals surface area (Å²) in [7, 11) is 0. The Kier molecular flexibility index (Phi) is 13.4. The summed E-state index contributed by atoms with van der Waals surface area (Å²) in [6, 6.07) is 0. The maximum absolute atomic E-state index is 6.23. The van der Waals surface area contributed by atoms with Crippen molar-refractivity contribution in [2.24, 2.45) is 5.92 Å². The average molecular weight is 393 g/mol. The zero-order valence-corrected chi connectivity index (χ0v) is 18.3. The Morgan fingerprint density at radius 1 is 0.964 bits per heavy atom. The summed E-state index contributed by atoms with van der Waals surface area (Å²) < 4.78 is 14.3. The number of aromatic nitrogens is 2. The van der Waals surface area contributed by atoms with Crippen LogP contribution in [0.3, 0.4) is 0 Å². The summed E-state index contributed by atoms with van der Waals surface area (Å²) in [4.78, 5) is 4.15. The number of imidazole rings is 1. The first-order valence-electron chi connectivity index (χ1n) is 12.0. The van der Waals surface area contributed by atoms with Crippen LogP contribution < -0.4 is 0 Å². The Balaban J connectivity index is 1.54. The van der Waals surface area contributed by atoms with E-state index in [-0.39, 0.29) is 6.10 Å². The average Bonchev–Trinajstić information content (AvgIpc) is 3.23. The molecule has 1 unspecified atom stereocenters. The second kappa shape index (κ2) is 16.0. The Morgan fingerprint density at radius 3 is 2.43 bits per heavy atom. The highest BCUT2D eigenvalue weighted by Gasteiger charge is 2.15. The van der Waals surface area contributed by atoms with Gasteiger partial charge in [0.05, 0.1) is 25.6 Å². The first kappa shape index (κ1) is 23.4. The van der Waals surface area contributed by atoms with Crippen molar-refractivity contribution in [1.82, 2.24) is 9.55 Å². The van der Waals surface area contributed by atoms with Gasteiger partial charge >= 0.3 is 0 Å². The molecule has 162 valence electrons. The maximum Gasteiger partial charge on any atom is 0.0987 e. The summed E-state index contributed by atoms with van der Waals surface area (Å²) in [6.07, 6.45) is 24.8. The van der Waals surface area contributed by atoms with Gasteiger partial charge in [0, 0.05) is 25.6 Å². The van der Waals surface area contributed by atoms with Crippen LogP contribution in [0, 0.1) is 5.92 Å². The lowest BCUT2D eigenvalue weighted by Crippen LogP contribution is -2.26. The van der Waals surface area contributed by atoms with Gasteiger partial charge in [-0.1, -0.05) is 84.0 Å². The molecule has 1 aromatic rings. The monoisotopic (exact) mass is 392 g/mol. The van der Waals surface area contributed by atoms with E-state index < -0.39 is 0 Å². The van der Waals surface area contributed by atoms with Crippen molar-refractivity contribution < 1.29 is 9.47 Å². The van der Waals surface area contributed by atoms with Crippen LogP contribution in [0.15, 0.2) is 18.7 Å². The van der Waals surface area contributed by atoms with Gasteiger partial charge in [-0.2, -0.15) is 0 Å². The lowest BCUT2D eigenvalue weighted by Gasteiger charge is -2.23. The van der Waals surface area contributed by atoms with Gasteiger partial charge in [-0.3, -0.25) is 0 Å². The second-order valence-corrected chi connectivity index (χ2v) is 8.59. The molecular weight excluding hydrogens is 348 g/mol. The molecule has 0 radical (unpaired) electrons. The zero-order chi connectivity index (χ0) is 19.7. The second-order valence-electron chi connectivity index (χ2n) is 8.59. The van der Waals surface area contributed by atoms with Gasteiger partial charge in [0.2, 0.25) is 0 Å². The molecule has 0 saturated heterocycles. The molecule has 28 heavy (non-hydrogen) atoms. The molecule has 0 aliphatic heterocycles. The summed E-state index contributed by atoms with van der Waals surface area (Å²) in [5.74, 6) is 0.876. The first-order valence-corrected chi connectivity index (χ1v) is 12.0. The molecule has 0 bridgehead atoms. The third kappa shape index (κ3) is 11.2. The Bertz CT molecular complexity index is 443. The molecule has 0 aromatic carbocycles.